The van der Waals surface area contributed by atoms with Gasteiger partial charge in [-0.1, -0.05) is 36.4 Å². The minimum Gasteiger partial charge on any atom is -0.457 e. The number of benzene rings is 3. The van der Waals surface area contributed by atoms with E-state index < -0.39 is 17.7 Å². The van der Waals surface area contributed by atoms with Crippen LogP contribution in [0.4, 0.5) is 5.69 Å². The van der Waals surface area contributed by atoms with E-state index in [1.807, 2.05) is 48.5 Å². The first-order chi connectivity index (χ1) is 13.6. The summed E-state index contributed by atoms with van der Waals surface area (Å²) >= 11 is 0. The topological polar surface area (TPSA) is 84.5 Å². The van der Waals surface area contributed by atoms with Crippen molar-refractivity contribution in [1.82, 2.24) is 5.32 Å². The quantitative estimate of drug-likeness (QED) is 0.677. The highest BCUT2D eigenvalue weighted by atomic mass is 16.5. The molecule has 3 amide bonds. The molecule has 0 saturated carbocycles. The van der Waals surface area contributed by atoms with Crippen LogP contribution in [0.5, 0.6) is 11.5 Å². The highest BCUT2D eigenvalue weighted by Gasteiger charge is 2.33. The van der Waals surface area contributed by atoms with E-state index in [2.05, 4.69) is 10.6 Å². The number of rotatable bonds is 2. The predicted octanol–water partition coefficient (Wildman–Crippen LogP) is 3.45. The summed E-state index contributed by atoms with van der Waals surface area (Å²) in [6.07, 6.45) is 0. The van der Waals surface area contributed by atoms with Gasteiger partial charge in [0.2, 0.25) is 5.91 Å². The average Bonchev–Trinajstić information content (AvgIpc) is 2.99. The number of ether oxygens (including phenoxy) is 1. The Morgan fingerprint density at radius 3 is 2.11 bits per heavy atom. The van der Waals surface area contributed by atoms with Crippen LogP contribution in [0.3, 0.4) is 0 Å². The van der Waals surface area contributed by atoms with Crippen molar-refractivity contribution in [2.45, 2.75) is 5.92 Å². The molecule has 3 aromatic carbocycles. The van der Waals surface area contributed by atoms with Crippen molar-refractivity contribution in [3.63, 3.8) is 0 Å². The van der Waals surface area contributed by atoms with Gasteiger partial charge in [-0.25, -0.2) is 0 Å². The van der Waals surface area contributed by atoms with Crippen LogP contribution in [0.15, 0.2) is 66.7 Å². The van der Waals surface area contributed by atoms with Crippen molar-refractivity contribution < 1.29 is 19.1 Å². The Bertz CT molecular complexity index is 1120. The first-order valence-electron chi connectivity index (χ1n) is 8.78. The van der Waals surface area contributed by atoms with Gasteiger partial charge in [-0.3, -0.25) is 19.7 Å². The molecule has 28 heavy (non-hydrogen) atoms. The van der Waals surface area contributed by atoms with E-state index >= 15 is 0 Å². The fourth-order valence-corrected chi connectivity index (χ4v) is 3.65. The maximum Gasteiger partial charge on any atom is 0.259 e. The number of fused-ring (bicyclic) bond motifs is 3. The van der Waals surface area contributed by atoms with Crippen molar-refractivity contribution in [2.24, 2.45) is 0 Å². The fourth-order valence-electron chi connectivity index (χ4n) is 3.65. The second-order valence-electron chi connectivity index (χ2n) is 6.64. The summed E-state index contributed by atoms with van der Waals surface area (Å²) in [6.45, 7) is 0. The van der Waals surface area contributed by atoms with Gasteiger partial charge in [-0.15, -0.1) is 0 Å². The van der Waals surface area contributed by atoms with Gasteiger partial charge in [-0.05, 0) is 30.3 Å². The molecule has 2 heterocycles. The van der Waals surface area contributed by atoms with Gasteiger partial charge in [0.25, 0.3) is 11.8 Å². The molecule has 5 rings (SSSR count). The maximum atomic E-state index is 13.2. The van der Waals surface area contributed by atoms with Crippen molar-refractivity contribution in [2.75, 3.05) is 5.32 Å². The highest BCUT2D eigenvalue weighted by Crippen LogP contribution is 2.44. The molecule has 0 radical (unpaired) electrons. The van der Waals surface area contributed by atoms with Crippen LogP contribution in [0, 0.1) is 0 Å². The number of anilines is 1. The third kappa shape index (κ3) is 2.46. The van der Waals surface area contributed by atoms with E-state index in [4.69, 9.17) is 4.74 Å². The summed E-state index contributed by atoms with van der Waals surface area (Å²) in [5.41, 5.74) is 2.57. The van der Waals surface area contributed by atoms with Crippen LogP contribution in [-0.2, 0) is 4.79 Å². The molecule has 0 fully saturated rings. The van der Waals surface area contributed by atoms with Crippen LogP contribution in [0.25, 0.3) is 0 Å². The van der Waals surface area contributed by atoms with Crippen molar-refractivity contribution in [1.29, 1.82) is 0 Å². The lowest BCUT2D eigenvalue weighted by molar-refractivity contribution is -0.116. The van der Waals surface area contributed by atoms with Crippen molar-refractivity contribution in [3.05, 3.63) is 89.0 Å². The first kappa shape index (κ1) is 16.3. The summed E-state index contributed by atoms with van der Waals surface area (Å²) in [7, 11) is 0. The van der Waals surface area contributed by atoms with E-state index in [-0.39, 0.29) is 11.5 Å². The summed E-state index contributed by atoms with van der Waals surface area (Å²) in [5.74, 6) is -0.402. The Hall–Kier alpha value is -3.93. The smallest absolute Gasteiger partial charge is 0.259 e. The number of amides is 3. The largest absolute Gasteiger partial charge is 0.457 e. The second-order valence-corrected chi connectivity index (χ2v) is 6.64. The molecule has 6 heteroatoms. The standard InChI is InChI=1S/C22H14N2O4/c25-20-13-10-9-12(11-16(13)21(26)24-20)23-22(27)19-14-5-1-3-7-17(14)28-18-8-4-2-6-15(18)19/h1-11,19H,(H,23,27)(H,24,25,26). The van der Waals surface area contributed by atoms with Crippen LogP contribution in [-0.4, -0.2) is 17.7 Å². The summed E-state index contributed by atoms with van der Waals surface area (Å²) in [4.78, 5) is 36.8. The Morgan fingerprint density at radius 1 is 0.821 bits per heavy atom. The Labute approximate surface area is 160 Å². The van der Waals surface area contributed by atoms with E-state index in [9.17, 15) is 14.4 Å². The molecule has 0 atom stereocenters. The van der Waals surface area contributed by atoms with Gasteiger partial charge in [0.15, 0.2) is 0 Å². The molecule has 0 bridgehead atoms. The zero-order valence-electron chi connectivity index (χ0n) is 14.6. The van der Waals surface area contributed by atoms with Gasteiger partial charge in [0.1, 0.15) is 11.5 Å². The molecule has 2 N–H and O–H groups in total. The zero-order chi connectivity index (χ0) is 19.3. The average molecular weight is 370 g/mol. The zero-order valence-corrected chi connectivity index (χ0v) is 14.6. The number of imide groups is 1. The highest BCUT2D eigenvalue weighted by molar-refractivity contribution is 6.22. The molecule has 2 aliphatic heterocycles. The molecule has 0 saturated heterocycles. The molecule has 2 aliphatic rings. The van der Waals surface area contributed by atoms with Crippen LogP contribution in [0.1, 0.15) is 37.8 Å². The summed E-state index contributed by atoms with van der Waals surface area (Å²) < 4.78 is 5.92. The summed E-state index contributed by atoms with van der Waals surface area (Å²) in [5, 5.41) is 5.12. The first-order valence-corrected chi connectivity index (χ1v) is 8.78. The predicted molar refractivity (Wildman–Crippen MR) is 102 cm³/mol. The number of para-hydroxylation sites is 2. The Balaban J connectivity index is 1.52. The van der Waals surface area contributed by atoms with Gasteiger partial charge in [0.05, 0.1) is 17.0 Å². The number of carbonyl (C=O) groups is 3. The number of nitrogens with one attached hydrogen (secondary N) is 2. The number of carbonyl (C=O) groups excluding carboxylic acids is 3. The molecule has 3 aromatic rings. The van der Waals surface area contributed by atoms with Crippen LogP contribution in [0.2, 0.25) is 0 Å². The van der Waals surface area contributed by atoms with Crippen LogP contribution < -0.4 is 15.4 Å². The Kier molecular flexibility index (Phi) is 3.52. The van der Waals surface area contributed by atoms with Crippen LogP contribution >= 0.6 is 0 Å². The van der Waals surface area contributed by atoms with Crippen molar-refractivity contribution in [3.8, 4) is 11.5 Å². The maximum absolute atomic E-state index is 13.2. The molecule has 0 unspecified atom stereocenters. The van der Waals surface area contributed by atoms with Gasteiger partial charge in [-0.2, -0.15) is 0 Å². The molecule has 0 spiro atoms. The minimum atomic E-state index is -0.551. The number of hydrogen-bond acceptors (Lipinski definition) is 4. The Morgan fingerprint density at radius 2 is 1.43 bits per heavy atom. The fraction of sp³-hybridized carbons (Fsp3) is 0.0455. The molecule has 6 nitrogen and oxygen atoms in total. The van der Waals surface area contributed by atoms with Gasteiger partial charge < -0.3 is 10.1 Å². The van der Waals surface area contributed by atoms with E-state index in [0.29, 0.717) is 22.7 Å². The molecule has 0 aliphatic carbocycles. The van der Waals surface area contributed by atoms with E-state index in [1.54, 1.807) is 6.07 Å². The second kappa shape index (κ2) is 6.06. The molecular weight excluding hydrogens is 356 g/mol. The lowest BCUT2D eigenvalue weighted by Crippen LogP contribution is -2.25. The van der Waals surface area contributed by atoms with Crippen molar-refractivity contribution >= 4 is 23.4 Å². The summed E-state index contributed by atoms with van der Waals surface area (Å²) in [6, 6.07) is 19.5. The molecule has 136 valence electrons. The minimum absolute atomic E-state index is 0.243. The third-order valence-electron chi connectivity index (χ3n) is 4.95. The third-order valence-corrected chi connectivity index (χ3v) is 4.95. The normalized spacial score (nSPS) is 14.4. The molecular formula is C22H14N2O4. The lowest BCUT2D eigenvalue weighted by Gasteiger charge is -2.27. The number of hydrogen-bond donors (Lipinski definition) is 2. The van der Waals surface area contributed by atoms with E-state index in [0.717, 1.165) is 11.1 Å². The lowest BCUT2D eigenvalue weighted by atomic mass is 9.87. The van der Waals surface area contributed by atoms with E-state index in [1.165, 1.54) is 12.1 Å². The SMILES string of the molecule is O=C1NC(=O)c2cc(NC(=O)C3c4ccccc4Oc4ccccc43)ccc21. The van der Waals surface area contributed by atoms with Gasteiger partial charge in [0, 0.05) is 16.8 Å². The van der Waals surface area contributed by atoms with Gasteiger partial charge >= 0.3 is 0 Å². The molecule has 0 aromatic heterocycles. The monoisotopic (exact) mass is 370 g/mol.